The van der Waals surface area contributed by atoms with Crippen molar-refractivity contribution in [3.05, 3.63) is 59.2 Å². The van der Waals surface area contributed by atoms with Gasteiger partial charge in [0, 0.05) is 11.4 Å². The van der Waals surface area contributed by atoms with E-state index in [9.17, 15) is 0 Å². The monoisotopic (exact) mass is 590 g/mol. The molecule has 0 aromatic heterocycles. The minimum absolute atomic E-state index is 1.18. The molecule has 1 heteroatoms. The van der Waals surface area contributed by atoms with Gasteiger partial charge in [0.25, 0.3) is 0 Å². The summed E-state index contributed by atoms with van der Waals surface area (Å²) in [5.41, 5.74) is 7.25. The molecule has 0 bridgehead atoms. The molecule has 2 rings (SSSR count). The van der Waals surface area contributed by atoms with Crippen LogP contribution in [-0.4, -0.2) is 0 Å². The third kappa shape index (κ3) is 18.6. The largest absolute Gasteiger partial charge is 0.355 e. The first-order chi connectivity index (χ1) is 21.3. The van der Waals surface area contributed by atoms with Crippen LogP contribution in [0.25, 0.3) is 0 Å². The fraction of sp³-hybridized carbons (Fsp3) is 0.714. The lowest BCUT2D eigenvalue weighted by atomic mass is 9.95. The highest BCUT2D eigenvalue weighted by molar-refractivity contribution is 5.64. The molecular weight excluding hydrogens is 518 g/mol. The highest BCUT2D eigenvalue weighted by Crippen LogP contribution is 2.27. The molecule has 43 heavy (non-hydrogen) atoms. The van der Waals surface area contributed by atoms with Gasteiger partial charge in [-0.1, -0.05) is 180 Å². The zero-order valence-corrected chi connectivity index (χ0v) is 29.1. The Morgan fingerprint density at radius 3 is 1.26 bits per heavy atom. The number of anilines is 2. The zero-order valence-electron chi connectivity index (χ0n) is 29.1. The van der Waals surface area contributed by atoms with Gasteiger partial charge < -0.3 is 5.32 Å². The van der Waals surface area contributed by atoms with E-state index in [1.54, 1.807) is 11.1 Å². The Morgan fingerprint density at radius 2 is 0.767 bits per heavy atom. The highest BCUT2D eigenvalue weighted by atomic mass is 14.9. The molecule has 1 N–H and O–H groups in total. The number of rotatable bonds is 29. The minimum atomic E-state index is 1.18. The average Bonchev–Trinajstić information content (AvgIpc) is 3.02. The molecule has 0 unspecified atom stereocenters. The number of para-hydroxylation sites is 1. The summed E-state index contributed by atoms with van der Waals surface area (Å²) in [4.78, 5) is 0. The Balaban J connectivity index is 1.90. The van der Waals surface area contributed by atoms with Gasteiger partial charge in [-0.2, -0.15) is 0 Å². The van der Waals surface area contributed by atoms with Crippen molar-refractivity contribution in [3.8, 4) is 0 Å². The van der Waals surface area contributed by atoms with Gasteiger partial charge in [-0.3, -0.25) is 0 Å². The van der Waals surface area contributed by atoms with Crippen LogP contribution < -0.4 is 5.32 Å². The third-order valence-electron chi connectivity index (χ3n) is 9.40. The molecule has 0 fully saturated rings. The molecule has 0 spiro atoms. The fourth-order valence-electron chi connectivity index (χ4n) is 6.54. The summed E-state index contributed by atoms with van der Waals surface area (Å²) in [6.45, 7) is 6.92. The summed E-state index contributed by atoms with van der Waals surface area (Å²) in [6, 6.07) is 16.3. The van der Waals surface area contributed by atoms with E-state index in [0.29, 0.717) is 0 Å². The quantitative estimate of drug-likeness (QED) is 0.0931. The molecule has 0 heterocycles. The van der Waals surface area contributed by atoms with E-state index in [1.165, 1.54) is 190 Å². The maximum Gasteiger partial charge on any atom is 0.0416 e. The van der Waals surface area contributed by atoms with Crippen molar-refractivity contribution in [2.24, 2.45) is 0 Å². The number of hydrogen-bond donors (Lipinski definition) is 1. The van der Waals surface area contributed by atoms with Gasteiger partial charge in [-0.05, 0) is 73.4 Å². The van der Waals surface area contributed by atoms with Crippen LogP contribution in [0.3, 0.4) is 0 Å². The van der Waals surface area contributed by atoms with Gasteiger partial charge in [-0.15, -0.1) is 0 Å². The smallest absolute Gasteiger partial charge is 0.0416 e. The second-order valence-electron chi connectivity index (χ2n) is 13.4. The first-order valence-electron chi connectivity index (χ1n) is 19.2. The lowest BCUT2D eigenvalue weighted by Crippen LogP contribution is -2.00. The highest BCUT2D eigenvalue weighted by Gasteiger charge is 2.08. The van der Waals surface area contributed by atoms with Gasteiger partial charge in [0.1, 0.15) is 0 Å². The van der Waals surface area contributed by atoms with Crippen molar-refractivity contribution in [1.29, 1.82) is 0 Å². The van der Waals surface area contributed by atoms with Gasteiger partial charge in [0.2, 0.25) is 0 Å². The van der Waals surface area contributed by atoms with Crippen molar-refractivity contribution < 1.29 is 0 Å². The predicted molar refractivity (Wildman–Crippen MR) is 195 cm³/mol. The molecule has 0 radical (unpaired) electrons. The summed E-state index contributed by atoms with van der Waals surface area (Å²) in [6.07, 6.45) is 37.0. The normalized spacial score (nSPS) is 11.3. The number of aryl methyl sites for hydroxylation is 3. The van der Waals surface area contributed by atoms with Crippen molar-refractivity contribution in [2.45, 2.75) is 194 Å². The van der Waals surface area contributed by atoms with Crippen LogP contribution in [0.1, 0.15) is 192 Å². The van der Waals surface area contributed by atoms with E-state index >= 15 is 0 Å². The van der Waals surface area contributed by atoms with Gasteiger partial charge in [0.05, 0.1) is 0 Å². The average molecular weight is 590 g/mol. The van der Waals surface area contributed by atoms with Crippen molar-refractivity contribution in [2.75, 3.05) is 5.32 Å². The van der Waals surface area contributed by atoms with Gasteiger partial charge in [0.15, 0.2) is 0 Å². The molecule has 2 aromatic rings. The lowest BCUT2D eigenvalue weighted by Gasteiger charge is -2.16. The summed E-state index contributed by atoms with van der Waals surface area (Å²) in [5.74, 6) is 0. The third-order valence-corrected chi connectivity index (χ3v) is 9.40. The molecular formula is C42H71N. The van der Waals surface area contributed by atoms with E-state index < -0.39 is 0 Å². The summed E-state index contributed by atoms with van der Waals surface area (Å²) in [7, 11) is 0. The molecule has 2 aromatic carbocycles. The lowest BCUT2D eigenvalue weighted by molar-refractivity contribution is 0.570. The summed E-state index contributed by atoms with van der Waals surface area (Å²) < 4.78 is 0. The molecule has 0 saturated heterocycles. The molecule has 244 valence electrons. The SMILES string of the molecule is CCCCCCCCCCc1ccc(Nc2ccccc2CCCCCCCCCC)cc1CCCCCCCCCC. The molecule has 1 nitrogen and oxygen atoms in total. The first kappa shape index (κ1) is 37.4. The summed E-state index contributed by atoms with van der Waals surface area (Å²) in [5, 5.41) is 3.85. The van der Waals surface area contributed by atoms with E-state index in [1.807, 2.05) is 0 Å². The van der Waals surface area contributed by atoms with E-state index in [2.05, 4.69) is 68.6 Å². The van der Waals surface area contributed by atoms with Crippen LogP contribution in [0.2, 0.25) is 0 Å². The van der Waals surface area contributed by atoms with Crippen LogP contribution in [0, 0.1) is 0 Å². The molecule has 0 saturated carbocycles. The Labute approximate surface area is 269 Å². The van der Waals surface area contributed by atoms with E-state index in [0.717, 1.165) is 0 Å². The van der Waals surface area contributed by atoms with Crippen LogP contribution >= 0.6 is 0 Å². The molecule has 0 aliphatic rings. The van der Waals surface area contributed by atoms with Crippen molar-refractivity contribution >= 4 is 11.4 Å². The van der Waals surface area contributed by atoms with Crippen molar-refractivity contribution in [1.82, 2.24) is 0 Å². The summed E-state index contributed by atoms with van der Waals surface area (Å²) >= 11 is 0. The molecule has 0 amide bonds. The standard InChI is InChI=1S/C42H71N/c1-4-7-10-13-16-19-22-25-30-38-35-36-41(37-40(38)33-27-24-21-18-15-12-9-6-3)43-42-34-29-28-32-39(42)31-26-23-20-17-14-11-8-5-2/h28-29,32,34-37,43H,4-27,30-31,33H2,1-3H3. The van der Waals surface area contributed by atoms with E-state index in [-0.39, 0.29) is 0 Å². The Kier molecular flexibility index (Phi) is 23.2. The van der Waals surface area contributed by atoms with Crippen LogP contribution in [-0.2, 0) is 19.3 Å². The van der Waals surface area contributed by atoms with Gasteiger partial charge >= 0.3 is 0 Å². The fourth-order valence-corrected chi connectivity index (χ4v) is 6.54. The second kappa shape index (κ2) is 26.6. The molecule has 0 aliphatic heterocycles. The Morgan fingerprint density at radius 1 is 0.372 bits per heavy atom. The maximum atomic E-state index is 3.85. The number of benzene rings is 2. The zero-order chi connectivity index (χ0) is 30.6. The predicted octanol–water partition coefficient (Wildman–Crippen LogP) is 14.5. The van der Waals surface area contributed by atoms with Crippen LogP contribution in [0.4, 0.5) is 11.4 Å². The Bertz CT molecular complexity index is 900. The minimum Gasteiger partial charge on any atom is -0.355 e. The van der Waals surface area contributed by atoms with Crippen LogP contribution in [0.5, 0.6) is 0 Å². The topological polar surface area (TPSA) is 12.0 Å². The van der Waals surface area contributed by atoms with Crippen LogP contribution in [0.15, 0.2) is 42.5 Å². The number of nitrogens with one attached hydrogen (secondary N) is 1. The maximum absolute atomic E-state index is 3.85. The second-order valence-corrected chi connectivity index (χ2v) is 13.4. The van der Waals surface area contributed by atoms with Gasteiger partial charge in [-0.25, -0.2) is 0 Å². The number of hydrogen-bond acceptors (Lipinski definition) is 1. The first-order valence-corrected chi connectivity index (χ1v) is 19.2. The van der Waals surface area contributed by atoms with Crippen molar-refractivity contribution in [3.63, 3.8) is 0 Å². The molecule has 0 atom stereocenters. The molecule has 0 aliphatic carbocycles. The van der Waals surface area contributed by atoms with E-state index in [4.69, 9.17) is 0 Å². The number of unbranched alkanes of at least 4 members (excludes halogenated alkanes) is 21. The Hall–Kier alpha value is -1.76.